The lowest BCUT2D eigenvalue weighted by Crippen LogP contribution is -2.04. The molecule has 5 rings (SSSR count). The molecule has 8 heteroatoms. The van der Waals surface area contributed by atoms with Gasteiger partial charge in [-0.3, -0.25) is 4.57 Å². The van der Waals surface area contributed by atoms with Crippen LogP contribution in [-0.4, -0.2) is 26.5 Å². The van der Waals surface area contributed by atoms with Crippen LogP contribution in [-0.2, 0) is 12.2 Å². The molecule has 0 saturated carbocycles. The molecule has 3 heterocycles. The van der Waals surface area contributed by atoms with E-state index < -0.39 is 0 Å². The zero-order valence-electron chi connectivity index (χ0n) is 18.0. The number of ether oxygens (including phenoxy) is 1. The zero-order chi connectivity index (χ0) is 22.5. The highest BCUT2D eigenvalue weighted by atomic mass is 32.2. The number of hydrogen-bond donors (Lipinski definition) is 0. The molecular formula is C25H22N4O3S. The fraction of sp³-hybridized carbons (Fsp3) is 0.160. The van der Waals surface area contributed by atoms with E-state index in [0.29, 0.717) is 30.3 Å². The van der Waals surface area contributed by atoms with Crippen molar-refractivity contribution in [2.24, 2.45) is 0 Å². The molecule has 0 bridgehead atoms. The van der Waals surface area contributed by atoms with Gasteiger partial charge in [0.15, 0.2) is 10.9 Å². The monoisotopic (exact) mass is 458 g/mol. The van der Waals surface area contributed by atoms with Gasteiger partial charge >= 0.3 is 0 Å². The van der Waals surface area contributed by atoms with Gasteiger partial charge in [0.25, 0.3) is 0 Å². The molecule has 0 amide bonds. The maximum absolute atomic E-state index is 5.60. The minimum absolute atomic E-state index is 0.588. The van der Waals surface area contributed by atoms with Crippen molar-refractivity contribution in [3.63, 3.8) is 0 Å². The van der Waals surface area contributed by atoms with Crippen LogP contribution < -0.4 is 4.74 Å². The van der Waals surface area contributed by atoms with E-state index in [4.69, 9.17) is 13.7 Å². The van der Waals surface area contributed by atoms with E-state index in [1.54, 1.807) is 18.0 Å². The lowest BCUT2D eigenvalue weighted by atomic mass is 10.1. The fourth-order valence-corrected chi connectivity index (χ4v) is 4.31. The van der Waals surface area contributed by atoms with Crippen molar-refractivity contribution in [3.05, 3.63) is 96.1 Å². The second-order valence-electron chi connectivity index (χ2n) is 7.27. The lowest BCUT2D eigenvalue weighted by Gasteiger charge is -2.11. The lowest BCUT2D eigenvalue weighted by molar-refractivity contribution is 0.340. The average Bonchev–Trinajstić information content (AvgIpc) is 3.60. The number of benzene rings is 2. The molecule has 0 N–H and O–H groups in total. The summed E-state index contributed by atoms with van der Waals surface area (Å²) in [5, 5.41) is 13.9. The third-order valence-corrected chi connectivity index (χ3v) is 5.95. The van der Waals surface area contributed by atoms with Crippen molar-refractivity contribution >= 4 is 11.8 Å². The average molecular weight is 459 g/mol. The van der Waals surface area contributed by atoms with Gasteiger partial charge in [-0.2, -0.15) is 0 Å². The predicted octanol–water partition coefficient (Wildman–Crippen LogP) is 5.80. The van der Waals surface area contributed by atoms with Crippen molar-refractivity contribution < 1.29 is 13.7 Å². The zero-order valence-corrected chi connectivity index (χ0v) is 18.9. The molecule has 7 nitrogen and oxygen atoms in total. The minimum atomic E-state index is 0.588. The highest BCUT2D eigenvalue weighted by molar-refractivity contribution is 7.98. The van der Waals surface area contributed by atoms with Gasteiger partial charge in [-0.15, -0.1) is 10.2 Å². The van der Waals surface area contributed by atoms with Gasteiger partial charge in [0.1, 0.15) is 11.6 Å². The Morgan fingerprint density at radius 3 is 2.55 bits per heavy atom. The van der Waals surface area contributed by atoms with E-state index in [0.717, 1.165) is 28.1 Å². The molecule has 0 fully saturated rings. The Morgan fingerprint density at radius 2 is 1.79 bits per heavy atom. The molecule has 0 aliphatic heterocycles. The minimum Gasteiger partial charge on any atom is -0.494 e. The van der Waals surface area contributed by atoms with Crippen LogP contribution >= 0.6 is 11.8 Å². The largest absolute Gasteiger partial charge is 0.494 e. The van der Waals surface area contributed by atoms with Crippen LogP contribution in [0.1, 0.15) is 24.0 Å². The molecule has 2 aromatic carbocycles. The Balaban J connectivity index is 1.41. The van der Waals surface area contributed by atoms with Gasteiger partial charge in [-0.25, -0.2) is 0 Å². The van der Waals surface area contributed by atoms with E-state index in [-0.39, 0.29) is 0 Å². The first-order valence-corrected chi connectivity index (χ1v) is 11.6. The first-order chi connectivity index (χ1) is 16.3. The maximum Gasteiger partial charge on any atom is 0.202 e. The normalized spacial score (nSPS) is 11.1. The van der Waals surface area contributed by atoms with Crippen LogP contribution in [0.15, 0.2) is 93.2 Å². The van der Waals surface area contributed by atoms with Gasteiger partial charge in [-0.1, -0.05) is 47.3 Å². The molecule has 0 atom stereocenters. The molecule has 3 aromatic heterocycles. The summed E-state index contributed by atoms with van der Waals surface area (Å²) in [6, 6.07) is 23.8. The molecule has 0 radical (unpaired) electrons. The van der Waals surface area contributed by atoms with Gasteiger partial charge in [0, 0.05) is 23.9 Å². The summed E-state index contributed by atoms with van der Waals surface area (Å²) in [7, 11) is 0. The Hall–Kier alpha value is -3.78. The first-order valence-electron chi connectivity index (χ1n) is 10.6. The maximum atomic E-state index is 5.60. The third kappa shape index (κ3) is 4.85. The van der Waals surface area contributed by atoms with Crippen molar-refractivity contribution in [2.45, 2.75) is 24.3 Å². The van der Waals surface area contributed by atoms with Gasteiger partial charge in [-0.05, 0) is 48.9 Å². The van der Waals surface area contributed by atoms with E-state index in [1.807, 2.05) is 67.6 Å². The topological polar surface area (TPSA) is 79.1 Å². The SMILES string of the molecule is CCOc1ccc(-n2c(Cc3ccccc3)nnc2SCc2cc(-c3ccco3)on2)cc1. The predicted molar refractivity (Wildman–Crippen MR) is 126 cm³/mol. The molecule has 166 valence electrons. The van der Waals surface area contributed by atoms with Gasteiger partial charge in [0.2, 0.25) is 5.76 Å². The van der Waals surface area contributed by atoms with Crippen LogP contribution in [0.4, 0.5) is 0 Å². The fourth-order valence-electron chi connectivity index (χ4n) is 3.46. The van der Waals surface area contributed by atoms with E-state index in [2.05, 4.69) is 32.1 Å². The summed E-state index contributed by atoms with van der Waals surface area (Å²) >= 11 is 1.56. The van der Waals surface area contributed by atoms with Crippen molar-refractivity contribution in [1.29, 1.82) is 0 Å². The Bertz CT molecular complexity index is 1300. The number of thioether (sulfide) groups is 1. The number of nitrogens with zero attached hydrogens (tertiary/aromatic N) is 4. The van der Waals surface area contributed by atoms with Gasteiger partial charge < -0.3 is 13.7 Å². The molecule has 0 aliphatic carbocycles. The highest BCUT2D eigenvalue weighted by Crippen LogP contribution is 2.29. The second kappa shape index (κ2) is 9.79. The number of rotatable bonds is 9. The number of hydrogen-bond acceptors (Lipinski definition) is 7. The summed E-state index contributed by atoms with van der Waals surface area (Å²) in [6.07, 6.45) is 2.29. The molecule has 0 spiro atoms. The van der Waals surface area contributed by atoms with Crippen LogP contribution in [0.3, 0.4) is 0 Å². The molecule has 33 heavy (non-hydrogen) atoms. The molecule has 5 aromatic rings. The van der Waals surface area contributed by atoms with Crippen LogP contribution in [0, 0.1) is 0 Å². The smallest absolute Gasteiger partial charge is 0.202 e. The molecule has 0 aliphatic rings. The van der Waals surface area contributed by atoms with Gasteiger partial charge in [0.05, 0.1) is 18.6 Å². The van der Waals surface area contributed by atoms with E-state index in [1.165, 1.54) is 5.56 Å². The summed E-state index contributed by atoms with van der Waals surface area (Å²) in [4.78, 5) is 0. The van der Waals surface area contributed by atoms with Crippen molar-refractivity contribution in [1.82, 2.24) is 19.9 Å². The van der Waals surface area contributed by atoms with Crippen LogP contribution in [0.2, 0.25) is 0 Å². The Kier molecular flexibility index (Phi) is 6.25. The number of furan rings is 1. The third-order valence-electron chi connectivity index (χ3n) is 4.98. The summed E-state index contributed by atoms with van der Waals surface area (Å²) in [5.41, 5.74) is 2.96. The quantitative estimate of drug-likeness (QED) is 0.258. The van der Waals surface area contributed by atoms with Crippen LogP contribution in [0.5, 0.6) is 5.75 Å². The highest BCUT2D eigenvalue weighted by Gasteiger charge is 2.17. The molecular weight excluding hydrogens is 436 g/mol. The summed E-state index contributed by atoms with van der Waals surface area (Å²) in [6.45, 7) is 2.60. The van der Waals surface area contributed by atoms with E-state index in [9.17, 15) is 0 Å². The second-order valence-corrected chi connectivity index (χ2v) is 8.21. The Morgan fingerprint density at radius 1 is 0.939 bits per heavy atom. The van der Waals surface area contributed by atoms with E-state index >= 15 is 0 Å². The van der Waals surface area contributed by atoms with Crippen molar-refractivity contribution in [3.8, 4) is 23.0 Å². The molecule has 0 unspecified atom stereocenters. The van der Waals surface area contributed by atoms with Crippen molar-refractivity contribution in [2.75, 3.05) is 6.61 Å². The molecule has 0 saturated heterocycles. The number of aromatic nitrogens is 4. The summed E-state index contributed by atoms with van der Waals surface area (Å²) in [5.74, 6) is 3.55. The summed E-state index contributed by atoms with van der Waals surface area (Å²) < 4.78 is 18.5. The first kappa shape index (κ1) is 21.1. The standard InChI is InChI=1S/C25H22N4O3S/c1-2-30-21-12-10-20(11-13-21)29-24(15-18-7-4-3-5-8-18)26-27-25(29)33-17-19-16-23(32-28-19)22-9-6-14-31-22/h3-14,16H,2,15,17H2,1H3. The van der Waals surface area contributed by atoms with Crippen LogP contribution in [0.25, 0.3) is 17.2 Å². The Labute approximate surface area is 195 Å².